The molecule has 0 saturated carbocycles. The largest absolute Gasteiger partial charge is 0.508 e. The van der Waals surface area contributed by atoms with Crippen molar-refractivity contribution in [3.05, 3.63) is 47.0 Å². The van der Waals surface area contributed by atoms with Crippen molar-refractivity contribution in [1.29, 1.82) is 0 Å². The van der Waals surface area contributed by atoms with Gasteiger partial charge in [0.25, 0.3) is 0 Å². The Labute approximate surface area is 122 Å². The molecule has 2 aromatic carbocycles. The van der Waals surface area contributed by atoms with Crippen molar-refractivity contribution in [2.45, 2.75) is 13.5 Å². The molecule has 0 aromatic heterocycles. The number of hydrogen-bond donors (Lipinski definition) is 3. The second kappa shape index (κ2) is 6.39. The number of anilines is 1. The number of nitrogens with one attached hydrogen (secondary N) is 1. The van der Waals surface area contributed by atoms with Gasteiger partial charge in [0.05, 0.1) is 11.6 Å². The van der Waals surface area contributed by atoms with Gasteiger partial charge >= 0.3 is 0 Å². The smallest absolute Gasteiger partial charge is 0.138 e. The third-order valence-electron chi connectivity index (χ3n) is 2.78. The van der Waals surface area contributed by atoms with Gasteiger partial charge in [0.1, 0.15) is 17.2 Å². The molecule has 4 nitrogen and oxygen atoms in total. The number of rotatable bonds is 5. The average molecular weight is 294 g/mol. The first-order chi connectivity index (χ1) is 9.60. The fraction of sp³-hybridized carbons (Fsp3) is 0.200. The lowest BCUT2D eigenvalue weighted by atomic mass is 10.2. The summed E-state index contributed by atoms with van der Waals surface area (Å²) >= 11 is 6.09. The van der Waals surface area contributed by atoms with E-state index < -0.39 is 0 Å². The molecule has 5 heteroatoms. The first-order valence-corrected chi connectivity index (χ1v) is 6.65. The molecule has 2 aromatic rings. The molecule has 3 N–H and O–H groups in total. The Hall–Kier alpha value is -2.07. The van der Waals surface area contributed by atoms with Crippen LogP contribution in [0.3, 0.4) is 0 Å². The molecular formula is C15H16ClNO3. The quantitative estimate of drug-likeness (QED) is 0.785. The summed E-state index contributed by atoms with van der Waals surface area (Å²) in [5, 5.41) is 22.6. The van der Waals surface area contributed by atoms with Crippen molar-refractivity contribution in [1.82, 2.24) is 0 Å². The van der Waals surface area contributed by atoms with E-state index in [-0.39, 0.29) is 11.5 Å². The lowest BCUT2D eigenvalue weighted by Gasteiger charge is -2.11. The fourth-order valence-corrected chi connectivity index (χ4v) is 2.02. The zero-order valence-electron chi connectivity index (χ0n) is 11.1. The summed E-state index contributed by atoms with van der Waals surface area (Å²) in [6, 6.07) is 9.92. The number of halogens is 1. The van der Waals surface area contributed by atoms with Crippen LogP contribution in [-0.2, 0) is 6.54 Å². The predicted molar refractivity (Wildman–Crippen MR) is 79.7 cm³/mol. The van der Waals surface area contributed by atoms with Crippen LogP contribution in [0.15, 0.2) is 36.4 Å². The minimum absolute atomic E-state index is 0.0374. The Morgan fingerprint density at radius 1 is 1.15 bits per heavy atom. The summed E-state index contributed by atoms with van der Waals surface area (Å²) in [6.07, 6.45) is 0. The molecule has 0 saturated heterocycles. The molecule has 0 fully saturated rings. The van der Waals surface area contributed by atoms with Gasteiger partial charge in [-0.3, -0.25) is 0 Å². The Morgan fingerprint density at radius 2 is 1.95 bits per heavy atom. The zero-order valence-corrected chi connectivity index (χ0v) is 11.8. The minimum atomic E-state index is 0.0374. The van der Waals surface area contributed by atoms with E-state index in [1.807, 2.05) is 13.0 Å². The van der Waals surface area contributed by atoms with Crippen LogP contribution in [0.25, 0.3) is 0 Å². The lowest BCUT2D eigenvalue weighted by Crippen LogP contribution is -2.00. The van der Waals surface area contributed by atoms with Crippen LogP contribution >= 0.6 is 11.6 Å². The predicted octanol–water partition coefficient (Wildman–Crippen LogP) is 3.76. The Kier molecular flexibility index (Phi) is 4.58. The molecule has 0 heterocycles. The summed E-state index contributed by atoms with van der Waals surface area (Å²) < 4.78 is 5.36. The van der Waals surface area contributed by atoms with Crippen LogP contribution < -0.4 is 10.1 Å². The first kappa shape index (κ1) is 14.3. The van der Waals surface area contributed by atoms with Crippen molar-refractivity contribution in [3.63, 3.8) is 0 Å². The van der Waals surface area contributed by atoms with Crippen molar-refractivity contribution >= 4 is 17.3 Å². The van der Waals surface area contributed by atoms with Gasteiger partial charge in [-0.15, -0.1) is 0 Å². The van der Waals surface area contributed by atoms with E-state index in [9.17, 15) is 10.2 Å². The molecular weight excluding hydrogens is 278 g/mol. The molecule has 0 bridgehead atoms. The maximum Gasteiger partial charge on any atom is 0.138 e. The molecule has 106 valence electrons. The van der Waals surface area contributed by atoms with Gasteiger partial charge < -0.3 is 20.3 Å². The Bertz CT molecular complexity index is 602. The summed E-state index contributed by atoms with van der Waals surface area (Å²) in [5.74, 6) is 0.733. The molecule has 2 rings (SSSR count). The second-order valence-corrected chi connectivity index (χ2v) is 4.65. The number of phenols is 2. The monoisotopic (exact) mass is 293 g/mol. The molecule has 0 aliphatic rings. The topological polar surface area (TPSA) is 61.7 Å². The maximum absolute atomic E-state index is 9.69. The van der Waals surface area contributed by atoms with Gasteiger partial charge in [-0.25, -0.2) is 0 Å². The highest BCUT2D eigenvalue weighted by Gasteiger charge is 2.05. The fourth-order valence-electron chi connectivity index (χ4n) is 1.78. The number of aromatic hydroxyl groups is 2. The van der Waals surface area contributed by atoms with Gasteiger partial charge in [-0.1, -0.05) is 11.6 Å². The van der Waals surface area contributed by atoms with E-state index in [0.29, 0.717) is 29.5 Å². The highest BCUT2D eigenvalue weighted by molar-refractivity contribution is 6.32. The van der Waals surface area contributed by atoms with Gasteiger partial charge in [0.15, 0.2) is 0 Å². The van der Waals surface area contributed by atoms with E-state index in [2.05, 4.69) is 5.32 Å². The second-order valence-electron chi connectivity index (χ2n) is 4.24. The number of hydrogen-bond acceptors (Lipinski definition) is 4. The molecule has 0 atom stereocenters. The molecule has 0 spiro atoms. The average Bonchev–Trinajstić information content (AvgIpc) is 2.41. The molecule has 0 amide bonds. The molecule has 0 radical (unpaired) electrons. The van der Waals surface area contributed by atoms with E-state index in [4.69, 9.17) is 16.3 Å². The number of benzene rings is 2. The maximum atomic E-state index is 9.69. The van der Waals surface area contributed by atoms with Gasteiger partial charge in [0, 0.05) is 23.9 Å². The normalized spacial score (nSPS) is 10.3. The summed E-state index contributed by atoms with van der Waals surface area (Å²) in [7, 11) is 0. The summed E-state index contributed by atoms with van der Waals surface area (Å²) in [5.41, 5.74) is 1.51. The molecule has 0 aliphatic heterocycles. The van der Waals surface area contributed by atoms with E-state index in [0.717, 1.165) is 5.69 Å². The third-order valence-corrected chi connectivity index (χ3v) is 3.08. The van der Waals surface area contributed by atoms with Crippen LogP contribution in [0.2, 0.25) is 5.02 Å². The van der Waals surface area contributed by atoms with Crippen molar-refractivity contribution in [3.8, 4) is 17.2 Å². The van der Waals surface area contributed by atoms with E-state index >= 15 is 0 Å². The highest BCUT2D eigenvalue weighted by Crippen LogP contribution is 2.28. The number of phenolic OH excluding ortho intramolecular Hbond substituents is 2. The third kappa shape index (κ3) is 3.48. The minimum Gasteiger partial charge on any atom is -0.508 e. The van der Waals surface area contributed by atoms with Crippen LogP contribution in [0.4, 0.5) is 5.69 Å². The Morgan fingerprint density at radius 3 is 2.60 bits per heavy atom. The lowest BCUT2D eigenvalue weighted by molar-refractivity contribution is 0.340. The van der Waals surface area contributed by atoms with Crippen molar-refractivity contribution in [2.24, 2.45) is 0 Å². The SMILES string of the molecule is CCOc1ccc(NCc2ccc(O)cc2O)cc1Cl. The van der Waals surface area contributed by atoms with Gasteiger partial charge in [-0.05, 0) is 37.3 Å². The van der Waals surface area contributed by atoms with Gasteiger partial charge in [0.2, 0.25) is 0 Å². The van der Waals surface area contributed by atoms with E-state index in [1.165, 1.54) is 12.1 Å². The van der Waals surface area contributed by atoms with Crippen LogP contribution in [0.1, 0.15) is 12.5 Å². The van der Waals surface area contributed by atoms with Crippen LogP contribution in [0.5, 0.6) is 17.2 Å². The standard InChI is InChI=1S/C15H16ClNO3/c1-2-20-15-6-4-11(7-13(15)16)17-9-10-3-5-12(18)8-14(10)19/h3-8,17-19H,2,9H2,1H3. The Balaban J connectivity index is 2.05. The van der Waals surface area contributed by atoms with Crippen LogP contribution in [-0.4, -0.2) is 16.8 Å². The molecule has 20 heavy (non-hydrogen) atoms. The van der Waals surface area contributed by atoms with Crippen LogP contribution in [0, 0.1) is 0 Å². The number of ether oxygens (including phenoxy) is 1. The van der Waals surface area contributed by atoms with E-state index in [1.54, 1.807) is 18.2 Å². The molecule has 0 aliphatic carbocycles. The van der Waals surface area contributed by atoms with Crippen molar-refractivity contribution < 1.29 is 14.9 Å². The van der Waals surface area contributed by atoms with Crippen molar-refractivity contribution in [2.75, 3.05) is 11.9 Å². The summed E-state index contributed by atoms with van der Waals surface area (Å²) in [6.45, 7) is 2.89. The first-order valence-electron chi connectivity index (χ1n) is 6.27. The molecule has 0 unspecified atom stereocenters. The summed E-state index contributed by atoms with van der Waals surface area (Å²) in [4.78, 5) is 0. The van der Waals surface area contributed by atoms with Gasteiger partial charge in [-0.2, -0.15) is 0 Å². The zero-order chi connectivity index (χ0) is 14.5. The highest BCUT2D eigenvalue weighted by atomic mass is 35.5.